The molecule has 6 aromatic carbocycles. The lowest BCUT2D eigenvalue weighted by Crippen LogP contribution is -1.95. The molecule has 0 unspecified atom stereocenters. The van der Waals surface area contributed by atoms with Gasteiger partial charge in [0, 0.05) is 47.4 Å². The largest absolute Gasteiger partial charge is 0.309 e. The maximum Gasteiger partial charge on any atom is 0.0991 e. The number of fused-ring (bicyclic) bond motifs is 9. The molecule has 0 N–H and O–H groups in total. The normalized spacial score (nSPS) is 11.7. The third-order valence-corrected chi connectivity index (χ3v) is 9.70. The summed E-state index contributed by atoms with van der Waals surface area (Å²) in [7, 11) is 0. The van der Waals surface area contributed by atoms with Crippen LogP contribution in [0.15, 0.2) is 121 Å². The fraction of sp³-hybridized carbons (Fsp3) is 0. The number of aromatic nitrogens is 2. The van der Waals surface area contributed by atoms with E-state index in [1.165, 1.54) is 42.0 Å². The highest BCUT2D eigenvalue weighted by Crippen LogP contribution is 2.42. The van der Waals surface area contributed by atoms with Crippen LogP contribution in [-0.2, 0) is 0 Å². The molecule has 0 saturated heterocycles. The van der Waals surface area contributed by atoms with Crippen molar-refractivity contribution in [2.75, 3.05) is 0 Å². The minimum absolute atomic E-state index is 0.601. The molecule has 0 aliphatic heterocycles. The Morgan fingerprint density at radius 3 is 1.70 bits per heavy atom. The summed E-state index contributed by atoms with van der Waals surface area (Å²) in [5, 5.41) is 26.1. The molecule has 0 spiro atoms. The first-order valence-corrected chi connectivity index (χ1v) is 14.9. The van der Waals surface area contributed by atoms with Gasteiger partial charge in [-0.2, -0.15) is 10.5 Å². The number of benzene rings is 6. The second-order valence-electron chi connectivity index (χ2n) is 10.8. The molecule has 4 nitrogen and oxygen atoms in total. The molecule has 3 aromatic heterocycles. The first-order valence-electron chi connectivity index (χ1n) is 14.1. The summed E-state index contributed by atoms with van der Waals surface area (Å²) in [6.45, 7) is 0. The number of nitrogens with zero attached hydrogens (tertiary/aromatic N) is 4. The van der Waals surface area contributed by atoms with Crippen molar-refractivity contribution in [1.82, 2.24) is 9.13 Å². The van der Waals surface area contributed by atoms with E-state index in [0.717, 1.165) is 33.2 Å². The van der Waals surface area contributed by atoms with Gasteiger partial charge in [-0.15, -0.1) is 11.3 Å². The van der Waals surface area contributed by atoms with Crippen LogP contribution in [0.1, 0.15) is 11.1 Å². The number of rotatable bonds is 2. The second kappa shape index (κ2) is 8.81. The molecule has 9 rings (SSSR count). The van der Waals surface area contributed by atoms with E-state index in [-0.39, 0.29) is 0 Å². The molecule has 0 fully saturated rings. The zero-order valence-electron chi connectivity index (χ0n) is 22.7. The van der Waals surface area contributed by atoms with Crippen molar-refractivity contribution in [3.63, 3.8) is 0 Å². The Bertz CT molecular complexity index is 2580. The van der Waals surface area contributed by atoms with Crippen LogP contribution in [-0.4, -0.2) is 9.13 Å². The van der Waals surface area contributed by atoms with E-state index in [0.29, 0.717) is 11.1 Å². The molecular weight excluding hydrogens is 545 g/mol. The molecule has 3 heterocycles. The van der Waals surface area contributed by atoms with Gasteiger partial charge in [-0.25, -0.2) is 0 Å². The predicted octanol–water partition coefficient (Wildman–Crippen LogP) is 9.99. The predicted molar refractivity (Wildman–Crippen MR) is 177 cm³/mol. The Hall–Kier alpha value is -5.88. The first-order chi connectivity index (χ1) is 21.2. The Morgan fingerprint density at radius 2 is 1.07 bits per heavy atom. The lowest BCUT2D eigenvalue weighted by molar-refractivity contribution is 1.18. The zero-order chi connectivity index (χ0) is 28.7. The number of hydrogen-bond acceptors (Lipinski definition) is 3. The summed E-state index contributed by atoms with van der Waals surface area (Å²) in [5.41, 5.74) is 7.80. The molecule has 0 amide bonds. The fourth-order valence-electron chi connectivity index (χ4n) is 6.74. The number of nitriles is 2. The van der Waals surface area contributed by atoms with Crippen molar-refractivity contribution >= 4 is 75.1 Å². The van der Waals surface area contributed by atoms with Gasteiger partial charge < -0.3 is 9.13 Å². The van der Waals surface area contributed by atoms with Crippen molar-refractivity contribution in [2.24, 2.45) is 0 Å². The first kappa shape index (κ1) is 23.8. The van der Waals surface area contributed by atoms with E-state index in [1.807, 2.05) is 47.7 Å². The average Bonchev–Trinajstić information content (AvgIpc) is 3.71. The monoisotopic (exact) mass is 564 g/mol. The molecule has 0 bridgehead atoms. The fourth-order valence-corrected chi connectivity index (χ4v) is 7.85. The van der Waals surface area contributed by atoms with E-state index in [4.69, 9.17) is 0 Å². The topological polar surface area (TPSA) is 57.4 Å². The van der Waals surface area contributed by atoms with Gasteiger partial charge in [0.2, 0.25) is 0 Å². The molecule has 198 valence electrons. The summed E-state index contributed by atoms with van der Waals surface area (Å²) in [5.74, 6) is 0. The quantitative estimate of drug-likeness (QED) is 0.210. The van der Waals surface area contributed by atoms with E-state index >= 15 is 0 Å². The van der Waals surface area contributed by atoms with Crippen LogP contribution < -0.4 is 0 Å². The standard InChI is InChI=1S/C38H20N4S/c39-21-23-12-15-33-28(18-23)29-19-24(22-40)13-16-34(29)41(33)25-14-17-36-30(20-25)38-35(10-5-11-37(38)43-36)42-31-8-3-1-6-26(31)27-7-2-4-9-32(27)42/h1-20H. The van der Waals surface area contributed by atoms with Gasteiger partial charge in [0.05, 0.1) is 51.0 Å². The third-order valence-electron chi connectivity index (χ3n) is 8.56. The summed E-state index contributed by atoms with van der Waals surface area (Å²) >= 11 is 1.81. The van der Waals surface area contributed by atoms with Crippen molar-refractivity contribution in [3.8, 4) is 23.5 Å². The summed E-state index contributed by atoms with van der Waals surface area (Å²) in [6, 6.07) is 46.7. The van der Waals surface area contributed by atoms with Gasteiger partial charge in [0.15, 0.2) is 0 Å². The van der Waals surface area contributed by atoms with Crippen molar-refractivity contribution in [1.29, 1.82) is 10.5 Å². The molecule has 0 aliphatic carbocycles. The Labute approximate surface area is 250 Å². The highest BCUT2D eigenvalue weighted by Gasteiger charge is 2.18. The summed E-state index contributed by atoms with van der Waals surface area (Å²) in [4.78, 5) is 0. The molecule has 9 aromatic rings. The number of hydrogen-bond donors (Lipinski definition) is 0. The lowest BCUT2D eigenvalue weighted by atomic mass is 10.1. The smallest absolute Gasteiger partial charge is 0.0991 e. The van der Waals surface area contributed by atoms with Gasteiger partial charge in [0.25, 0.3) is 0 Å². The molecule has 0 radical (unpaired) electrons. The average molecular weight is 565 g/mol. The Balaban J connectivity index is 1.38. The number of thiophene rings is 1. The molecule has 0 aliphatic rings. The Kier molecular flexibility index (Phi) is 4.87. The van der Waals surface area contributed by atoms with E-state index < -0.39 is 0 Å². The lowest BCUT2D eigenvalue weighted by Gasteiger charge is -2.11. The molecular formula is C38H20N4S. The van der Waals surface area contributed by atoms with Crippen molar-refractivity contribution in [2.45, 2.75) is 0 Å². The molecule has 5 heteroatoms. The van der Waals surface area contributed by atoms with Gasteiger partial charge in [-0.1, -0.05) is 42.5 Å². The third kappa shape index (κ3) is 3.29. The summed E-state index contributed by atoms with van der Waals surface area (Å²) in [6.07, 6.45) is 0. The molecule has 0 atom stereocenters. The molecule has 43 heavy (non-hydrogen) atoms. The van der Waals surface area contributed by atoms with Gasteiger partial charge in [0.1, 0.15) is 0 Å². The van der Waals surface area contributed by atoms with E-state index in [9.17, 15) is 10.5 Å². The highest BCUT2D eigenvalue weighted by atomic mass is 32.1. The van der Waals surface area contributed by atoms with Crippen LogP contribution in [0.2, 0.25) is 0 Å². The van der Waals surface area contributed by atoms with E-state index in [1.54, 1.807) is 0 Å². The van der Waals surface area contributed by atoms with Crippen LogP contribution in [0, 0.1) is 22.7 Å². The SMILES string of the molecule is N#Cc1ccc2c(c1)c1cc(C#N)ccc1n2-c1ccc2sc3cccc(-n4c5ccccc5c5ccccc54)c3c2c1. The maximum absolute atomic E-state index is 9.62. The highest BCUT2D eigenvalue weighted by molar-refractivity contribution is 7.25. The number of para-hydroxylation sites is 2. The van der Waals surface area contributed by atoms with Gasteiger partial charge in [-0.05, 0) is 78.9 Å². The summed E-state index contributed by atoms with van der Waals surface area (Å²) < 4.78 is 7.12. The van der Waals surface area contributed by atoms with Crippen LogP contribution >= 0.6 is 11.3 Å². The Morgan fingerprint density at radius 1 is 0.465 bits per heavy atom. The van der Waals surface area contributed by atoms with Crippen molar-refractivity contribution < 1.29 is 0 Å². The van der Waals surface area contributed by atoms with Crippen LogP contribution in [0.5, 0.6) is 0 Å². The van der Waals surface area contributed by atoms with Gasteiger partial charge in [-0.3, -0.25) is 0 Å². The second-order valence-corrected chi connectivity index (χ2v) is 11.9. The maximum atomic E-state index is 9.62. The van der Waals surface area contributed by atoms with Gasteiger partial charge >= 0.3 is 0 Å². The van der Waals surface area contributed by atoms with Crippen LogP contribution in [0.25, 0.3) is 75.2 Å². The molecule has 0 saturated carbocycles. The zero-order valence-corrected chi connectivity index (χ0v) is 23.6. The minimum Gasteiger partial charge on any atom is -0.309 e. The van der Waals surface area contributed by atoms with Crippen molar-refractivity contribution in [3.05, 3.63) is 132 Å². The van der Waals surface area contributed by atoms with Crippen LogP contribution in [0.3, 0.4) is 0 Å². The van der Waals surface area contributed by atoms with Crippen LogP contribution in [0.4, 0.5) is 0 Å². The van der Waals surface area contributed by atoms with E-state index in [2.05, 4.69) is 106 Å². The minimum atomic E-state index is 0.601.